The van der Waals surface area contributed by atoms with Crippen molar-refractivity contribution in [3.63, 3.8) is 0 Å². The first kappa shape index (κ1) is 15.1. The van der Waals surface area contributed by atoms with Crippen molar-refractivity contribution in [1.82, 2.24) is 9.47 Å². The topological polar surface area (TPSA) is 32.0 Å². The van der Waals surface area contributed by atoms with E-state index < -0.39 is 0 Å². The summed E-state index contributed by atoms with van der Waals surface area (Å²) in [7, 11) is 4.33. The number of hydrogen-bond donors (Lipinski definition) is 0. The Hall–Kier alpha value is -1.79. The van der Waals surface area contributed by atoms with Crippen molar-refractivity contribution in [3.05, 3.63) is 35.5 Å². The van der Waals surface area contributed by atoms with Gasteiger partial charge in [-0.1, -0.05) is 6.42 Å². The molecule has 3 heteroatoms. The number of nitrogens with zero attached hydrogens (tertiary/aromatic N) is 3. The summed E-state index contributed by atoms with van der Waals surface area (Å²) in [5.74, 6) is 1.36. The van der Waals surface area contributed by atoms with E-state index in [4.69, 9.17) is 0 Å². The molecule has 1 aromatic carbocycles. The highest BCUT2D eigenvalue weighted by Gasteiger charge is 2.31. The molecule has 0 aliphatic heterocycles. The summed E-state index contributed by atoms with van der Waals surface area (Å²) < 4.78 is 2.33. The Kier molecular flexibility index (Phi) is 4.22. The van der Waals surface area contributed by atoms with E-state index in [-0.39, 0.29) is 0 Å². The van der Waals surface area contributed by atoms with Gasteiger partial charge in [-0.3, -0.25) is 0 Å². The van der Waals surface area contributed by atoms with Crippen LogP contribution in [-0.2, 0) is 6.54 Å². The third kappa shape index (κ3) is 2.64. The van der Waals surface area contributed by atoms with Gasteiger partial charge in [0.2, 0.25) is 0 Å². The molecule has 1 heterocycles. The van der Waals surface area contributed by atoms with Crippen LogP contribution in [0.15, 0.2) is 24.4 Å². The monoisotopic (exact) mass is 295 g/mol. The van der Waals surface area contributed by atoms with Gasteiger partial charge in [-0.15, -0.1) is 0 Å². The van der Waals surface area contributed by atoms with E-state index in [1.165, 1.54) is 35.7 Å². The lowest BCUT2D eigenvalue weighted by Gasteiger charge is -2.23. The summed E-state index contributed by atoms with van der Waals surface area (Å²) in [5, 5.41) is 10.5. The lowest BCUT2D eigenvalue weighted by Crippen LogP contribution is -2.23. The van der Waals surface area contributed by atoms with Crippen LogP contribution in [0.25, 0.3) is 10.9 Å². The lowest BCUT2D eigenvalue weighted by molar-refractivity contribution is 0.310. The minimum atomic E-state index is 0.631. The zero-order chi connectivity index (χ0) is 15.7. The molecule has 3 rings (SSSR count). The van der Waals surface area contributed by atoms with Crippen molar-refractivity contribution in [1.29, 1.82) is 5.26 Å². The number of fused-ring (bicyclic) bond motifs is 1. The van der Waals surface area contributed by atoms with Crippen molar-refractivity contribution in [2.24, 2.45) is 5.92 Å². The van der Waals surface area contributed by atoms with Crippen LogP contribution in [0.5, 0.6) is 0 Å². The molecule has 1 aliphatic carbocycles. The molecule has 2 aromatic rings. The maximum absolute atomic E-state index is 9.22. The summed E-state index contributed by atoms with van der Waals surface area (Å²) in [4.78, 5) is 2.31. The summed E-state index contributed by atoms with van der Waals surface area (Å²) in [5.41, 5.74) is 3.50. The van der Waals surface area contributed by atoms with E-state index in [1.54, 1.807) is 0 Å². The van der Waals surface area contributed by atoms with Crippen molar-refractivity contribution in [2.45, 2.75) is 38.6 Å². The summed E-state index contributed by atoms with van der Waals surface area (Å²) in [6, 6.07) is 8.42. The third-order valence-corrected chi connectivity index (χ3v) is 5.04. The van der Waals surface area contributed by atoms with Crippen molar-refractivity contribution in [3.8, 4) is 6.07 Å². The molecule has 0 saturated heterocycles. The summed E-state index contributed by atoms with van der Waals surface area (Å²) in [6.45, 7) is 4.32. The van der Waals surface area contributed by atoms with Gasteiger partial charge in [0.1, 0.15) is 0 Å². The van der Waals surface area contributed by atoms with E-state index in [2.05, 4.69) is 54.9 Å². The largest absolute Gasteiger partial charge is 0.347 e. The highest BCUT2D eigenvalue weighted by Crippen LogP contribution is 2.43. The van der Waals surface area contributed by atoms with Gasteiger partial charge in [0.05, 0.1) is 11.6 Å². The Morgan fingerprint density at radius 1 is 1.32 bits per heavy atom. The van der Waals surface area contributed by atoms with E-state index in [0.717, 1.165) is 24.6 Å². The molecule has 1 aliphatic rings. The van der Waals surface area contributed by atoms with Crippen molar-refractivity contribution >= 4 is 10.9 Å². The van der Waals surface area contributed by atoms with Crippen LogP contribution in [0.4, 0.5) is 0 Å². The van der Waals surface area contributed by atoms with Crippen LogP contribution < -0.4 is 0 Å². The van der Waals surface area contributed by atoms with Gasteiger partial charge in [-0.25, -0.2) is 0 Å². The summed E-state index contributed by atoms with van der Waals surface area (Å²) >= 11 is 0. The lowest BCUT2D eigenvalue weighted by atomic mass is 9.88. The smallest absolute Gasteiger partial charge is 0.0991 e. The fourth-order valence-electron chi connectivity index (χ4n) is 4.09. The first-order chi connectivity index (χ1) is 10.6. The summed E-state index contributed by atoms with van der Waals surface area (Å²) in [6.07, 6.45) is 6.25. The van der Waals surface area contributed by atoms with Gasteiger partial charge in [-0.2, -0.15) is 5.26 Å². The van der Waals surface area contributed by atoms with Gasteiger partial charge in [0.25, 0.3) is 0 Å². The van der Waals surface area contributed by atoms with E-state index in [1.807, 2.05) is 6.07 Å². The zero-order valence-electron chi connectivity index (χ0n) is 13.8. The van der Waals surface area contributed by atoms with E-state index in [9.17, 15) is 5.26 Å². The number of hydrogen-bond acceptors (Lipinski definition) is 2. The number of rotatable bonds is 4. The molecule has 1 aromatic heterocycles. The van der Waals surface area contributed by atoms with Crippen LogP contribution in [0.3, 0.4) is 0 Å². The molecule has 116 valence electrons. The van der Waals surface area contributed by atoms with Gasteiger partial charge in [-0.05, 0) is 69.5 Å². The maximum atomic E-state index is 9.22. The Morgan fingerprint density at radius 2 is 2.14 bits per heavy atom. The molecule has 0 N–H and O–H groups in total. The molecular formula is C19H25N3. The van der Waals surface area contributed by atoms with Gasteiger partial charge < -0.3 is 9.47 Å². The van der Waals surface area contributed by atoms with Crippen LogP contribution in [-0.4, -0.2) is 30.1 Å². The van der Waals surface area contributed by atoms with Crippen LogP contribution in [0, 0.1) is 17.2 Å². The predicted molar refractivity (Wildman–Crippen MR) is 91.0 cm³/mol. The molecule has 0 spiro atoms. The zero-order valence-corrected chi connectivity index (χ0v) is 13.8. The second kappa shape index (κ2) is 6.14. The standard InChI is InChI=1S/C19H25N3/c1-4-22-13-18(16-7-5-6-15(16)12-21(2)3)17-10-14(11-20)8-9-19(17)22/h8-10,13,15-16H,4-7,12H2,1-3H3/t15-,16+/m0/s1. The highest BCUT2D eigenvalue weighted by atomic mass is 15.1. The number of nitriles is 1. The fraction of sp³-hybridized carbons (Fsp3) is 0.526. The molecule has 1 saturated carbocycles. The van der Waals surface area contributed by atoms with Crippen LogP contribution in [0.2, 0.25) is 0 Å². The van der Waals surface area contributed by atoms with E-state index in [0.29, 0.717) is 5.92 Å². The number of benzene rings is 1. The minimum absolute atomic E-state index is 0.631. The van der Waals surface area contributed by atoms with Crippen molar-refractivity contribution < 1.29 is 0 Å². The Bertz CT molecular complexity index is 705. The van der Waals surface area contributed by atoms with Gasteiger partial charge in [0.15, 0.2) is 0 Å². The van der Waals surface area contributed by atoms with Gasteiger partial charge in [0, 0.05) is 30.2 Å². The van der Waals surface area contributed by atoms with Crippen LogP contribution >= 0.6 is 0 Å². The Morgan fingerprint density at radius 3 is 2.82 bits per heavy atom. The second-order valence-corrected chi connectivity index (χ2v) is 6.77. The average Bonchev–Trinajstić information content (AvgIpc) is 3.09. The first-order valence-electron chi connectivity index (χ1n) is 8.31. The number of aryl methyl sites for hydroxylation is 1. The third-order valence-electron chi connectivity index (χ3n) is 5.04. The van der Waals surface area contributed by atoms with Crippen molar-refractivity contribution in [2.75, 3.05) is 20.6 Å². The van der Waals surface area contributed by atoms with E-state index >= 15 is 0 Å². The average molecular weight is 295 g/mol. The quantitative estimate of drug-likeness (QED) is 0.854. The molecule has 0 bridgehead atoms. The normalized spacial score (nSPS) is 21.6. The molecule has 22 heavy (non-hydrogen) atoms. The molecule has 3 nitrogen and oxygen atoms in total. The molecular weight excluding hydrogens is 270 g/mol. The highest BCUT2D eigenvalue weighted by molar-refractivity contribution is 5.86. The molecule has 2 atom stereocenters. The SMILES string of the molecule is CCn1cc([C@@H]2CCC[C@H]2CN(C)C)c2cc(C#N)ccc21. The molecule has 0 amide bonds. The first-order valence-corrected chi connectivity index (χ1v) is 8.31. The van der Waals surface area contributed by atoms with Gasteiger partial charge >= 0.3 is 0 Å². The number of aromatic nitrogens is 1. The Labute approximate surface area is 133 Å². The Balaban J connectivity index is 2.07. The second-order valence-electron chi connectivity index (χ2n) is 6.77. The molecule has 1 fully saturated rings. The maximum Gasteiger partial charge on any atom is 0.0991 e. The fourth-order valence-corrected chi connectivity index (χ4v) is 4.09. The van der Waals surface area contributed by atoms with Crippen LogP contribution in [0.1, 0.15) is 43.2 Å². The minimum Gasteiger partial charge on any atom is -0.347 e. The molecule has 0 radical (unpaired) electrons. The molecule has 0 unspecified atom stereocenters. The predicted octanol–water partition coefficient (Wildman–Crippen LogP) is 3.98.